The van der Waals surface area contributed by atoms with Gasteiger partial charge in [0.1, 0.15) is 12.1 Å². The second-order valence-corrected chi connectivity index (χ2v) is 4.79. The molecule has 3 unspecified atom stereocenters. The minimum absolute atomic E-state index is 0.407. The van der Waals surface area contributed by atoms with E-state index in [0.29, 0.717) is 0 Å². The second-order valence-electron chi connectivity index (χ2n) is 4.79. The van der Waals surface area contributed by atoms with Crippen LogP contribution in [-0.4, -0.2) is 64.5 Å². The SMILES string of the molecule is CC(N)C(=O)NCC(=O)NC(C)C(=O)NC(CC(=O)O)C(=O)O. The second kappa shape index (κ2) is 9.35. The van der Waals surface area contributed by atoms with Crippen LogP contribution >= 0.6 is 0 Å². The molecule has 0 aliphatic rings. The predicted molar refractivity (Wildman–Crippen MR) is 76.1 cm³/mol. The summed E-state index contributed by atoms with van der Waals surface area (Å²) in [4.78, 5) is 55.8. The minimum Gasteiger partial charge on any atom is -0.481 e. The Morgan fingerprint density at radius 3 is 2.00 bits per heavy atom. The molecular weight excluding hydrogens is 312 g/mol. The van der Waals surface area contributed by atoms with Crippen LogP contribution in [0.1, 0.15) is 20.3 Å². The van der Waals surface area contributed by atoms with Crippen molar-refractivity contribution in [1.82, 2.24) is 16.0 Å². The molecule has 0 aromatic heterocycles. The van der Waals surface area contributed by atoms with Gasteiger partial charge in [0, 0.05) is 0 Å². The molecule has 0 aliphatic carbocycles. The van der Waals surface area contributed by atoms with Crippen LogP contribution in [0.4, 0.5) is 0 Å². The van der Waals surface area contributed by atoms with Gasteiger partial charge in [-0.05, 0) is 13.8 Å². The molecule has 0 fully saturated rings. The standard InChI is InChI=1S/C12H20N4O7/c1-5(13)10(20)14-4-8(17)15-6(2)11(21)16-7(12(22)23)3-9(18)19/h5-7H,3-4,13H2,1-2H3,(H,14,20)(H,15,17)(H,16,21)(H,18,19)(H,22,23). The van der Waals surface area contributed by atoms with Crippen molar-refractivity contribution < 1.29 is 34.2 Å². The van der Waals surface area contributed by atoms with Gasteiger partial charge in [0.05, 0.1) is 19.0 Å². The lowest BCUT2D eigenvalue weighted by Crippen LogP contribution is -2.52. The van der Waals surface area contributed by atoms with Crippen LogP contribution in [0, 0.1) is 0 Å². The first-order chi connectivity index (χ1) is 10.5. The summed E-state index contributed by atoms with van der Waals surface area (Å²) in [5.41, 5.74) is 5.28. The number of amides is 3. The summed E-state index contributed by atoms with van der Waals surface area (Å²) in [6.07, 6.45) is -0.799. The summed E-state index contributed by atoms with van der Waals surface area (Å²) in [6, 6.07) is -3.53. The summed E-state index contributed by atoms with van der Waals surface area (Å²) in [6.45, 7) is 2.30. The van der Waals surface area contributed by atoms with Crippen molar-refractivity contribution in [3.63, 3.8) is 0 Å². The van der Waals surface area contributed by atoms with Crippen molar-refractivity contribution in [3.05, 3.63) is 0 Å². The zero-order valence-electron chi connectivity index (χ0n) is 12.7. The van der Waals surface area contributed by atoms with E-state index in [1.165, 1.54) is 13.8 Å². The number of aliphatic carboxylic acids is 2. The molecule has 23 heavy (non-hydrogen) atoms. The molecule has 3 amide bonds. The Labute approximate surface area is 131 Å². The average Bonchev–Trinajstić information content (AvgIpc) is 2.42. The zero-order chi connectivity index (χ0) is 18.2. The Bertz CT molecular complexity index is 492. The van der Waals surface area contributed by atoms with E-state index in [0.717, 1.165) is 0 Å². The lowest BCUT2D eigenvalue weighted by molar-refractivity contribution is -0.147. The number of carbonyl (C=O) groups is 5. The maximum absolute atomic E-state index is 11.7. The lowest BCUT2D eigenvalue weighted by atomic mass is 10.2. The Balaban J connectivity index is 4.42. The van der Waals surface area contributed by atoms with Crippen molar-refractivity contribution in [2.45, 2.75) is 38.4 Å². The fourth-order valence-electron chi connectivity index (χ4n) is 1.36. The van der Waals surface area contributed by atoms with Gasteiger partial charge in [0.25, 0.3) is 0 Å². The van der Waals surface area contributed by atoms with Crippen LogP contribution in [0.2, 0.25) is 0 Å². The van der Waals surface area contributed by atoms with Crippen molar-refractivity contribution >= 4 is 29.7 Å². The largest absolute Gasteiger partial charge is 0.481 e. The molecule has 0 bridgehead atoms. The highest BCUT2D eigenvalue weighted by atomic mass is 16.4. The molecule has 0 aromatic carbocycles. The Morgan fingerprint density at radius 2 is 1.57 bits per heavy atom. The molecule has 0 rings (SSSR count). The first-order valence-corrected chi connectivity index (χ1v) is 6.62. The quantitative estimate of drug-likeness (QED) is 0.257. The molecule has 11 nitrogen and oxygen atoms in total. The number of hydrogen-bond donors (Lipinski definition) is 6. The topological polar surface area (TPSA) is 188 Å². The molecule has 11 heteroatoms. The van der Waals surface area contributed by atoms with Crippen LogP contribution in [0.15, 0.2) is 0 Å². The van der Waals surface area contributed by atoms with Gasteiger partial charge in [-0.2, -0.15) is 0 Å². The van der Waals surface area contributed by atoms with Gasteiger partial charge < -0.3 is 31.9 Å². The Kier molecular flexibility index (Phi) is 8.26. The van der Waals surface area contributed by atoms with Gasteiger partial charge >= 0.3 is 11.9 Å². The number of nitrogens with two attached hydrogens (primary N) is 1. The molecule has 0 heterocycles. The van der Waals surface area contributed by atoms with E-state index in [1.54, 1.807) is 0 Å². The van der Waals surface area contributed by atoms with Gasteiger partial charge in [-0.15, -0.1) is 0 Å². The van der Waals surface area contributed by atoms with Crippen LogP contribution in [0.5, 0.6) is 0 Å². The molecular formula is C12H20N4O7. The van der Waals surface area contributed by atoms with E-state index in [9.17, 15) is 24.0 Å². The smallest absolute Gasteiger partial charge is 0.326 e. The van der Waals surface area contributed by atoms with Gasteiger partial charge in [0.15, 0.2) is 0 Å². The maximum atomic E-state index is 11.7. The van der Waals surface area contributed by atoms with Crippen LogP contribution in [0.3, 0.4) is 0 Å². The van der Waals surface area contributed by atoms with Gasteiger partial charge in [-0.25, -0.2) is 4.79 Å². The summed E-state index contributed by atoms with van der Waals surface area (Å²) in [5, 5.41) is 23.8. The fourth-order valence-corrected chi connectivity index (χ4v) is 1.36. The van der Waals surface area contributed by atoms with Crippen LogP contribution in [-0.2, 0) is 24.0 Å². The molecule has 0 spiro atoms. The predicted octanol–water partition coefficient (Wildman–Crippen LogP) is -3.00. The number of carbonyl (C=O) groups excluding carboxylic acids is 3. The normalized spacial score (nSPS) is 14.0. The third-order valence-electron chi connectivity index (χ3n) is 2.60. The highest BCUT2D eigenvalue weighted by molar-refractivity contribution is 5.93. The number of carboxylic acids is 2. The van der Waals surface area contributed by atoms with E-state index in [2.05, 4.69) is 10.6 Å². The van der Waals surface area contributed by atoms with Gasteiger partial charge in [-0.1, -0.05) is 0 Å². The van der Waals surface area contributed by atoms with E-state index in [-0.39, 0.29) is 0 Å². The Morgan fingerprint density at radius 1 is 1.00 bits per heavy atom. The molecule has 0 aromatic rings. The van der Waals surface area contributed by atoms with E-state index >= 15 is 0 Å². The third kappa shape index (κ3) is 8.36. The van der Waals surface area contributed by atoms with E-state index < -0.39 is 60.8 Å². The van der Waals surface area contributed by atoms with E-state index in [4.69, 9.17) is 15.9 Å². The number of nitrogens with one attached hydrogen (secondary N) is 3. The minimum atomic E-state index is -1.61. The first-order valence-electron chi connectivity index (χ1n) is 6.62. The lowest BCUT2D eigenvalue weighted by Gasteiger charge is -2.18. The summed E-state index contributed by atoms with van der Waals surface area (Å²) >= 11 is 0. The number of hydrogen-bond acceptors (Lipinski definition) is 6. The monoisotopic (exact) mass is 332 g/mol. The fraction of sp³-hybridized carbons (Fsp3) is 0.583. The van der Waals surface area contributed by atoms with Crippen LogP contribution in [0.25, 0.3) is 0 Å². The summed E-state index contributed by atoms with van der Waals surface area (Å²) in [5.74, 6) is -5.02. The molecule has 0 saturated heterocycles. The van der Waals surface area contributed by atoms with Crippen molar-refractivity contribution in [2.75, 3.05) is 6.54 Å². The van der Waals surface area contributed by atoms with E-state index in [1.807, 2.05) is 5.32 Å². The van der Waals surface area contributed by atoms with Crippen molar-refractivity contribution in [2.24, 2.45) is 5.73 Å². The van der Waals surface area contributed by atoms with Crippen molar-refractivity contribution in [3.8, 4) is 0 Å². The first kappa shape index (κ1) is 20.3. The summed E-state index contributed by atoms with van der Waals surface area (Å²) in [7, 11) is 0. The molecule has 130 valence electrons. The summed E-state index contributed by atoms with van der Waals surface area (Å²) < 4.78 is 0. The van der Waals surface area contributed by atoms with Crippen LogP contribution < -0.4 is 21.7 Å². The molecule has 0 aliphatic heterocycles. The van der Waals surface area contributed by atoms with Crippen molar-refractivity contribution in [1.29, 1.82) is 0 Å². The third-order valence-corrected chi connectivity index (χ3v) is 2.60. The Hall–Kier alpha value is -2.69. The maximum Gasteiger partial charge on any atom is 0.326 e. The van der Waals surface area contributed by atoms with Gasteiger partial charge in [-0.3, -0.25) is 19.2 Å². The molecule has 7 N–H and O–H groups in total. The number of rotatable bonds is 9. The number of carboxylic acid groups (broad SMARTS) is 2. The average molecular weight is 332 g/mol. The highest BCUT2D eigenvalue weighted by Gasteiger charge is 2.26. The molecule has 3 atom stereocenters. The molecule has 0 saturated carbocycles. The molecule has 0 radical (unpaired) electrons. The van der Waals surface area contributed by atoms with Gasteiger partial charge in [0.2, 0.25) is 17.7 Å². The zero-order valence-corrected chi connectivity index (χ0v) is 12.7. The highest BCUT2D eigenvalue weighted by Crippen LogP contribution is 1.94.